The fraction of sp³-hybridized carbons (Fsp3) is 0.519. The van der Waals surface area contributed by atoms with Crippen LogP contribution in [0.25, 0.3) is 11.0 Å². The number of benzene rings is 1. The summed E-state index contributed by atoms with van der Waals surface area (Å²) in [7, 11) is 0. The van der Waals surface area contributed by atoms with Crippen LogP contribution in [0.2, 0.25) is 0 Å². The van der Waals surface area contributed by atoms with Gasteiger partial charge in [-0.15, -0.1) is 0 Å². The molecule has 2 fully saturated rings. The quantitative estimate of drug-likeness (QED) is 0.506. The van der Waals surface area contributed by atoms with Crippen LogP contribution in [0.15, 0.2) is 36.5 Å². The van der Waals surface area contributed by atoms with Gasteiger partial charge >= 0.3 is 0 Å². The maximum atomic E-state index is 13.1. The molecule has 3 heterocycles. The van der Waals surface area contributed by atoms with Gasteiger partial charge in [-0.3, -0.25) is 4.79 Å². The summed E-state index contributed by atoms with van der Waals surface area (Å²) in [6.45, 7) is 1.45. The van der Waals surface area contributed by atoms with E-state index in [1.165, 1.54) is 31.4 Å². The maximum absolute atomic E-state index is 13.1. The van der Waals surface area contributed by atoms with Crippen molar-refractivity contribution in [1.82, 2.24) is 25.2 Å². The molecule has 1 aromatic carbocycles. The van der Waals surface area contributed by atoms with Crippen molar-refractivity contribution in [2.75, 3.05) is 11.9 Å². The number of aromatic nitrogens is 3. The molecule has 3 aliphatic rings. The molecule has 2 aromatic heterocycles. The molecule has 0 unspecified atom stereocenters. The first kappa shape index (κ1) is 22.5. The van der Waals surface area contributed by atoms with Gasteiger partial charge in [0.1, 0.15) is 17.2 Å². The molecule has 3 N–H and O–H groups in total. The van der Waals surface area contributed by atoms with Crippen LogP contribution in [0.5, 0.6) is 0 Å². The van der Waals surface area contributed by atoms with E-state index in [1.807, 2.05) is 24.4 Å². The van der Waals surface area contributed by atoms with Gasteiger partial charge in [-0.25, -0.2) is 9.37 Å². The molecule has 0 atom stereocenters. The number of rotatable bonds is 5. The number of hydrogen-bond donors (Lipinski definition) is 3. The summed E-state index contributed by atoms with van der Waals surface area (Å²) in [5.41, 5.74) is 2.63. The summed E-state index contributed by atoms with van der Waals surface area (Å²) in [6.07, 6.45) is 11.9. The minimum atomic E-state index is -0.196. The van der Waals surface area contributed by atoms with E-state index in [2.05, 4.69) is 25.5 Å². The fourth-order valence-corrected chi connectivity index (χ4v) is 6.22. The van der Waals surface area contributed by atoms with Crippen LogP contribution < -0.4 is 16.0 Å². The highest BCUT2D eigenvalue weighted by Crippen LogP contribution is 2.40. The monoisotopic (exact) mass is 476 g/mol. The number of nitrogens with one attached hydrogen (secondary N) is 3. The first-order chi connectivity index (χ1) is 17.1. The van der Waals surface area contributed by atoms with Crippen LogP contribution in [0, 0.1) is 5.82 Å². The van der Waals surface area contributed by atoms with Crippen LogP contribution >= 0.6 is 0 Å². The van der Waals surface area contributed by atoms with Gasteiger partial charge < -0.3 is 20.5 Å². The molecule has 8 heteroatoms. The Kier molecular flexibility index (Phi) is 5.92. The lowest BCUT2D eigenvalue weighted by atomic mass is 9.80. The molecule has 1 spiro atoms. The molecule has 7 nitrogen and oxygen atoms in total. The second-order valence-electron chi connectivity index (χ2n) is 10.5. The number of hydrogen-bond acceptors (Lipinski definition) is 5. The zero-order chi connectivity index (χ0) is 23.8. The molecule has 6 rings (SSSR count). The van der Waals surface area contributed by atoms with Crippen LogP contribution in [-0.2, 0) is 12.1 Å². The van der Waals surface area contributed by atoms with Crippen molar-refractivity contribution in [2.45, 2.75) is 82.0 Å². The highest BCUT2D eigenvalue weighted by atomic mass is 19.1. The van der Waals surface area contributed by atoms with E-state index < -0.39 is 0 Å². The Balaban J connectivity index is 1.13. The van der Waals surface area contributed by atoms with E-state index >= 15 is 0 Å². The molecule has 0 bridgehead atoms. The molecule has 35 heavy (non-hydrogen) atoms. The Morgan fingerprint density at radius 3 is 2.57 bits per heavy atom. The van der Waals surface area contributed by atoms with E-state index in [4.69, 9.17) is 4.98 Å². The van der Waals surface area contributed by atoms with Gasteiger partial charge in [-0.05, 0) is 62.3 Å². The van der Waals surface area contributed by atoms with E-state index in [9.17, 15) is 9.18 Å². The number of nitrogens with zero attached hydrogens (tertiary/aromatic N) is 3. The van der Waals surface area contributed by atoms with Crippen LogP contribution in [0.4, 0.5) is 10.3 Å². The van der Waals surface area contributed by atoms with E-state index in [0.29, 0.717) is 30.3 Å². The topological polar surface area (TPSA) is 83.9 Å². The van der Waals surface area contributed by atoms with Crippen LogP contribution in [-0.4, -0.2) is 39.1 Å². The van der Waals surface area contributed by atoms with E-state index in [0.717, 1.165) is 61.7 Å². The largest absolute Gasteiger partial charge is 0.351 e. The van der Waals surface area contributed by atoms with Gasteiger partial charge in [0.2, 0.25) is 5.95 Å². The number of halogens is 1. The Hall–Kier alpha value is -3.00. The highest BCUT2D eigenvalue weighted by Gasteiger charge is 2.41. The summed E-state index contributed by atoms with van der Waals surface area (Å²) < 4.78 is 15.3. The van der Waals surface area contributed by atoms with Crippen LogP contribution in [0.3, 0.4) is 0 Å². The standard InChI is InChI=1S/C27H33FN6O/c28-20-6-4-18(5-7-20)15-29-21-8-10-22(11-9-21)32-26-30-16-19-14-23-25(35)31-17-27(12-2-1-3-13-27)34(23)24(19)33-26/h4-7,14,16,21-22,29H,1-3,8-13,15,17H2,(H,31,35)(H,30,32,33)/t21-,22-. The average molecular weight is 477 g/mol. The molecule has 2 saturated carbocycles. The Bertz CT molecular complexity index is 1210. The van der Waals surface area contributed by atoms with E-state index in [1.54, 1.807) is 0 Å². The Labute approximate surface area is 204 Å². The van der Waals surface area contributed by atoms with Gasteiger partial charge in [0.15, 0.2) is 0 Å². The smallest absolute Gasteiger partial charge is 0.268 e. The third-order valence-corrected chi connectivity index (χ3v) is 8.18. The average Bonchev–Trinajstić information content (AvgIpc) is 3.28. The number of anilines is 1. The maximum Gasteiger partial charge on any atom is 0.268 e. The van der Waals surface area contributed by atoms with Crippen molar-refractivity contribution >= 4 is 22.9 Å². The molecular formula is C27H33FN6O. The van der Waals surface area contributed by atoms with Crippen molar-refractivity contribution in [3.63, 3.8) is 0 Å². The first-order valence-corrected chi connectivity index (χ1v) is 13.0. The predicted octanol–water partition coefficient (Wildman–Crippen LogP) is 4.49. The zero-order valence-electron chi connectivity index (χ0n) is 20.0. The molecule has 0 radical (unpaired) electrons. The molecular weight excluding hydrogens is 443 g/mol. The Morgan fingerprint density at radius 2 is 1.80 bits per heavy atom. The summed E-state index contributed by atoms with van der Waals surface area (Å²) in [5.74, 6) is 0.441. The summed E-state index contributed by atoms with van der Waals surface area (Å²) in [4.78, 5) is 22.2. The van der Waals surface area contributed by atoms with Gasteiger partial charge in [0.05, 0.1) is 5.54 Å². The van der Waals surface area contributed by atoms with Gasteiger partial charge in [0.25, 0.3) is 5.91 Å². The molecule has 3 aromatic rings. The van der Waals surface area contributed by atoms with Crippen LogP contribution in [0.1, 0.15) is 73.8 Å². The first-order valence-electron chi connectivity index (χ1n) is 13.0. The Morgan fingerprint density at radius 1 is 1.06 bits per heavy atom. The van der Waals surface area contributed by atoms with E-state index in [-0.39, 0.29) is 17.3 Å². The summed E-state index contributed by atoms with van der Waals surface area (Å²) >= 11 is 0. The highest BCUT2D eigenvalue weighted by molar-refractivity contribution is 5.99. The third-order valence-electron chi connectivity index (χ3n) is 8.18. The second kappa shape index (κ2) is 9.22. The number of fused-ring (bicyclic) bond motifs is 4. The number of carbonyl (C=O) groups excluding carboxylic acids is 1. The molecule has 0 saturated heterocycles. The minimum Gasteiger partial charge on any atom is -0.351 e. The molecule has 1 amide bonds. The third kappa shape index (κ3) is 4.40. The molecule has 1 aliphatic heterocycles. The molecule has 2 aliphatic carbocycles. The number of carbonyl (C=O) groups is 1. The lowest BCUT2D eigenvalue weighted by Crippen LogP contribution is -2.52. The van der Waals surface area contributed by atoms with Gasteiger partial charge in [-0.1, -0.05) is 31.4 Å². The lowest BCUT2D eigenvalue weighted by Gasteiger charge is -2.42. The summed E-state index contributed by atoms with van der Waals surface area (Å²) in [6, 6.07) is 9.44. The summed E-state index contributed by atoms with van der Waals surface area (Å²) in [5, 5.41) is 11.2. The van der Waals surface area contributed by atoms with Gasteiger partial charge in [-0.2, -0.15) is 4.98 Å². The lowest BCUT2D eigenvalue weighted by molar-refractivity contribution is 0.0833. The minimum absolute atomic E-state index is 0.0137. The van der Waals surface area contributed by atoms with Crippen molar-refractivity contribution in [1.29, 1.82) is 0 Å². The van der Waals surface area contributed by atoms with Crippen molar-refractivity contribution in [2.24, 2.45) is 0 Å². The van der Waals surface area contributed by atoms with Gasteiger partial charge in [0, 0.05) is 36.8 Å². The zero-order valence-corrected chi connectivity index (χ0v) is 20.0. The normalized spacial score (nSPS) is 23.7. The molecule has 184 valence electrons. The van der Waals surface area contributed by atoms with Crippen molar-refractivity contribution in [3.8, 4) is 0 Å². The fourth-order valence-electron chi connectivity index (χ4n) is 6.22. The SMILES string of the molecule is O=C1NCC2(CCCCC2)n2c1cc1cnc(N[C@H]3CC[C@H](NCc4ccc(F)cc4)CC3)nc12. The second-order valence-corrected chi connectivity index (χ2v) is 10.5. The predicted molar refractivity (Wildman–Crippen MR) is 134 cm³/mol. The van der Waals surface area contributed by atoms with Crippen molar-refractivity contribution < 1.29 is 9.18 Å². The van der Waals surface area contributed by atoms with Crippen molar-refractivity contribution in [3.05, 3.63) is 53.6 Å². The number of amides is 1.